The van der Waals surface area contributed by atoms with Crippen molar-refractivity contribution in [3.63, 3.8) is 0 Å². The van der Waals surface area contributed by atoms with Gasteiger partial charge < -0.3 is 10.1 Å². The maximum atomic E-state index is 12.8. The minimum Gasteiger partial charge on any atom is -0.497 e. The number of anilines is 1. The number of methoxy groups -OCH3 is 1. The van der Waals surface area contributed by atoms with Gasteiger partial charge in [-0.2, -0.15) is 0 Å². The molecule has 8 heteroatoms. The van der Waals surface area contributed by atoms with Gasteiger partial charge >= 0.3 is 0 Å². The first-order chi connectivity index (χ1) is 13.5. The van der Waals surface area contributed by atoms with Crippen LogP contribution in [0, 0.1) is 0 Å². The maximum Gasteiger partial charge on any atom is 0.262 e. The average molecular weight is 418 g/mol. The van der Waals surface area contributed by atoms with Crippen molar-refractivity contribution in [1.82, 2.24) is 9.55 Å². The largest absolute Gasteiger partial charge is 0.497 e. The maximum absolute atomic E-state index is 12.8. The highest BCUT2D eigenvalue weighted by Crippen LogP contribution is 2.22. The third kappa shape index (κ3) is 4.66. The Bertz CT molecular complexity index is 1070. The number of fused-ring (bicyclic) bond motifs is 1. The van der Waals surface area contributed by atoms with Gasteiger partial charge in [0.15, 0.2) is 5.16 Å². The first-order valence-corrected chi connectivity index (χ1v) is 10.1. The number of halogens is 1. The van der Waals surface area contributed by atoms with Crippen molar-refractivity contribution >= 4 is 45.9 Å². The van der Waals surface area contributed by atoms with E-state index in [0.29, 0.717) is 39.1 Å². The fraction of sp³-hybridized carbons (Fsp3) is 0.250. The summed E-state index contributed by atoms with van der Waals surface area (Å²) in [4.78, 5) is 29.7. The number of rotatable bonds is 7. The lowest BCUT2D eigenvalue weighted by atomic mass is 10.2. The molecule has 0 radical (unpaired) electrons. The van der Waals surface area contributed by atoms with Gasteiger partial charge in [0.1, 0.15) is 5.75 Å². The monoisotopic (exact) mass is 417 g/mol. The highest BCUT2D eigenvalue weighted by Gasteiger charge is 2.13. The van der Waals surface area contributed by atoms with Gasteiger partial charge in [-0.15, -0.1) is 0 Å². The molecule has 0 unspecified atom stereocenters. The smallest absolute Gasteiger partial charge is 0.262 e. The summed E-state index contributed by atoms with van der Waals surface area (Å²) in [5.74, 6) is 0.594. The lowest BCUT2D eigenvalue weighted by Gasteiger charge is -2.12. The lowest BCUT2D eigenvalue weighted by molar-refractivity contribution is -0.113. The molecular weight excluding hydrogens is 398 g/mol. The number of amides is 1. The number of ether oxygens (including phenoxy) is 1. The van der Waals surface area contributed by atoms with Crippen molar-refractivity contribution in [3.8, 4) is 5.75 Å². The van der Waals surface area contributed by atoms with Crippen LogP contribution in [0.1, 0.15) is 13.3 Å². The number of nitrogens with one attached hydrogen (secondary N) is 1. The zero-order valence-corrected chi connectivity index (χ0v) is 17.1. The molecule has 0 saturated heterocycles. The number of benzene rings is 2. The average Bonchev–Trinajstić information content (AvgIpc) is 2.68. The Hall–Kier alpha value is -2.51. The van der Waals surface area contributed by atoms with Crippen molar-refractivity contribution in [2.75, 3.05) is 18.2 Å². The third-order valence-electron chi connectivity index (χ3n) is 4.02. The summed E-state index contributed by atoms with van der Waals surface area (Å²) in [6.07, 6.45) is 0.782. The number of carbonyl (C=O) groups excluding carboxylic acids is 1. The van der Waals surface area contributed by atoms with Crippen molar-refractivity contribution in [2.45, 2.75) is 25.0 Å². The second kappa shape index (κ2) is 9.12. The van der Waals surface area contributed by atoms with E-state index in [9.17, 15) is 9.59 Å². The summed E-state index contributed by atoms with van der Waals surface area (Å²) >= 11 is 7.26. The molecule has 0 spiro atoms. The van der Waals surface area contributed by atoms with Crippen LogP contribution in [0.4, 0.5) is 5.69 Å². The molecule has 1 amide bonds. The van der Waals surface area contributed by atoms with Gasteiger partial charge in [0.05, 0.1) is 23.8 Å². The molecule has 146 valence electrons. The minimum absolute atomic E-state index is 0.124. The van der Waals surface area contributed by atoms with Crippen LogP contribution in [-0.2, 0) is 11.3 Å². The lowest BCUT2D eigenvalue weighted by Crippen LogP contribution is -2.24. The molecule has 0 aliphatic carbocycles. The predicted octanol–water partition coefficient (Wildman–Crippen LogP) is 4.20. The zero-order chi connectivity index (χ0) is 20.1. The van der Waals surface area contributed by atoms with Crippen molar-refractivity contribution in [1.29, 1.82) is 0 Å². The molecule has 0 bridgehead atoms. The standard InChI is InChI=1S/C20H20ClN3O3S/c1-3-9-24-19(26)16-8-7-13(21)10-17(16)23-20(24)28-12-18(25)22-14-5-4-6-15(11-14)27-2/h4-8,10-11H,3,9,12H2,1-2H3,(H,22,25). The Balaban J connectivity index is 1.81. The zero-order valence-electron chi connectivity index (χ0n) is 15.6. The highest BCUT2D eigenvalue weighted by atomic mass is 35.5. The number of thioether (sulfide) groups is 1. The summed E-state index contributed by atoms with van der Waals surface area (Å²) in [6.45, 7) is 2.52. The number of hydrogen-bond acceptors (Lipinski definition) is 5. The van der Waals surface area contributed by atoms with Crippen molar-refractivity contribution < 1.29 is 9.53 Å². The summed E-state index contributed by atoms with van der Waals surface area (Å²) in [5, 5.41) is 4.36. The molecule has 1 heterocycles. The summed E-state index contributed by atoms with van der Waals surface area (Å²) in [6, 6.07) is 12.2. The second-order valence-corrected chi connectivity index (χ2v) is 7.46. The normalized spacial score (nSPS) is 10.8. The topological polar surface area (TPSA) is 73.2 Å². The van der Waals surface area contributed by atoms with Crippen LogP contribution >= 0.6 is 23.4 Å². The first kappa shape index (κ1) is 20.2. The molecule has 6 nitrogen and oxygen atoms in total. The van der Waals surface area contributed by atoms with Gasteiger partial charge in [-0.25, -0.2) is 4.98 Å². The van der Waals surface area contributed by atoms with Gasteiger partial charge in [-0.05, 0) is 36.8 Å². The molecule has 0 aliphatic heterocycles. The fourth-order valence-electron chi connectivity index (χ4n) is 2.73. The first-order valence-electron chi connectivity index (χ1n) is 8.78. The summed E-state index contributed by atoms with van der Waals surface area (Å²) in [7, 11) is 1.57. The number of hydrogen-bond donors (Lipinski definition) is 1. The Morgan fingerprint density at radius 3 is 2.86 bits per heavy atom. The fourth-order valence-corrected chi connectivity index (χ4v) is 3.72. The van der Waals surface area contributed by atoms with Gasteiger partial charge in [-0.3, -0.25) is 14.2 Å². The van der Waals surface area contributed by atoms with E-state index in [2.05, 4.69) is 10.3 Å². The molecule has 0 aliphatic rings. The molecule has 0 saturated carbocycles. The van der Waals surface area contributed by atoms with Crippen LogP contribution in [0.25, 0.3) is 10.9 Å². The van der Waals surface area contributed by atoms with Crippen LogP contribution in [0.15, 0.2) is 52.4 Å². The van der Waals surface area contributed by atoms with Crippen LogP contribution in [0.3, 0.4) is 0 Å². The van der Waals surface area contributed by atoms with Crippen molar-refractivity contribution in [3.05, 3.63) is 57.8 Å². The SMILES string of the molecule is CCCn1c(SCC(=O)Nc2cccc(OC)c2)nc2cc(Cl)ccc2c1=O. The highest BCUT2D eigenvalue weighted by molar-refractivity contribution is 7.99. The predicted molar refractivity (Wildman–Crippen MR) is 114 cm³/mol. The van der Waals surface area contributed by atoms with Gasteiger partial charge in [-0.1, -0.05) is 36.4 Å². The van der Waals surface area contributed by atoms with Crippen molar-refractivity contribution in [2.24, 2.45) is 0 Å². The van der Waals surface area contributed by atoms with E-state index < -0.39 is 0 Å². The molecule has 1 N–H and O–H groups in total. The molecule has 0 fully saturated rings. The van der Waals surface area contributed by atoms with E-state index in [1.807, 2.05) is 6.92 Å². The quantitative estimate of drug-likeness (QED) is 0.460. The number of nitrogens with zero attached hydrogens (tertiary/aromatic N) is 2. The van der Waals surface area contributed by atoms with Gasteiger partial charge in [0.2, 0.25) is 5.91 Å². The van der Waals surface area contributed by atoms with Crippen LogP contribution < -0.4 is 15.6 Å². The molecule has 1 aromatic heterocycles. The van der Waals surface area contributed by atoms with Crippen LogP contribution in [0.5, 0.6) is 5.75 Å². The van der Waals surface area contributed by atoms with E-state index >= 15 is 0 Å². The Morgan fingerprint density at radius 2 is 2.11 bits per heavy atom. The number of carbonyl (C=O) groups is 1. The molecule has 3 rings (SSSR count). The molecule has 2 aromatic carbocycles. The Morgan fingerprint density at radius 1 is 1.29 bits per heavy atom. The molecule has 28 heavy (non-hydrogen) atoms. The van der Waals surface area contributed by atoms with Gasteiger partial charge in [0.25, 0.3) is 5.56 Å². The van der Waals surface area contributed by atoms with Crippen LogP contribution in [-0.4, -0.2) is 28.3 Å². The molecule has 3 aromatic rings. The molecular formula is C20H20ClN3O3S. The van der Waals surface area contributed by atoms with E-state index in [1.165, 1.54) is 11.8 Å². The summed E-state index contributed by atoms with van der Waals surface area (Å²) in [5.41, 5.74) is 1.05. The van der Waals surface area contributed by atoms with E-state index in [1.54, 1.807) is 54.1 Å². The third-order valence-corrected chi connectivity index (χ3v) is 5.23. The Kier molecular flexibility index (Phi) is 6.59. The van der Waals surface area contributed by atoms with Crippen LogP contribution in [0.2, 0.25) is 5.02 Å². The second-order valence-electron chi connectivity index (χ2n) is 6.08. The number of aromatic nitrogens is 2. The minimum atomic E-state index is -0.193. The van der Waals surface area contributed by atoms with E-state index in [4.69, 9.17) is 16.3 Å². The Labute approximate surface area is 171 Å². The van der Waals surface area contributed by atoms with E-state index in [-0.39, 0.29) is 17.2 Å². The van der Waals surface area contributed by atoms with E-state index in [0.717, 1.165) is 6.42 Å². The molecule has 0 atom stereocenters. The van der Waals surface area contributed by atoms with Gasteiger partial charge in [0, 0.05) is 23.3 Å². The summed E-state index contributed by atoms with van der Waals surface area (Å²) < 4.78 is 6.77.